The standard InChI is InChI=1S/C16H23ClN4/c1-12(2)14-10-15-16(18-7-9-21(15)19-14)20-8-5-3-4-6-13(20)11-17/h7,9-10,12-13H,3-6,8,11H2,1-2H3. The molecule has 2 aromatic heterocycles. The van der Waals surface area contributed by atoms with Crippen LogP contribution in [-0.4, -0.2) is 33.1 Å². The van der Waals surface area contributed by atoms with Gasteiger partial charge in [-0.2, -0.15) is 5.10 Å². The molecule has 0 spiro atoms. The SMILES string of the molecule is CC(C)c1cc2c(N3CCCCCC3CCl)nccn2n1. The summed E-state index contributed by atoms with van der Waals surface area (Å²) in [6, 6.07) is 2.55. The van der Waals surface area contributed by atoms with Gasteiger partial charge in [-0.15, -0.1) is 11.6 Å². The van der Waals surface area contributed by atoms with Crippen molar-refractivity contribution in [1.82, 2.24) is 14.6 Å². The summed E-state index contributed by atoms with van der Waals surface area (Å²) < 4.78 is 1.95. The molecular weight excluding hydrogens is 284 g/mol. The van der Waals surface area contributed by atoms with Crippen molar-refractivity contribution in [2.75, 3.05) is 17.3 Å². The van der Waals surface area contributed by atoms with Crippen LogP contribution in [-0.2, 0) is 0 Å². The fourth-order valence-electron chi connectivity index (χ4n) is 3.05. The summed E-state index contributed by atoms with van der Waals surface area (Å²) in [7, 11) is 0. The zero-order valence-electron chi connectivity index (χ0n) is 12.8. The van der Waals surface area contributed by atoms with Crippen LogP contribution < -0.4 is 4.90 Å². The summed E-state index contributed by atoms with van der Waals surface area (Å²) in [6.07, 6.45) is 8.67. The van der Waals surface area contributed by atoms with Gasteiger partial charge in [-0.1, -0.05) is 26.7 Å². The first kappa shape index (κ1) is 14.6. The van der Waals surface area contributed by atoms with Crippen LogP contribution in [0.1, 0.15) is 51.1 Å². The van der Waals surface area contributed by atoms with E-state index in [2.05, 4.69) is 34.9 Å². The molecule has 0 aliphatic carbocycles. The summed E-state index contributed by atoms with van der Waals surface area (Å²) in [5.74, 6) is 2.11. The number of hydrogen-bond acceptors (Lipinski definition) is 3. The lowest BCUT2D eigenvalue weighted by Crippen LogP contribution is -2.37. The Morgan fingerprint density at radius 1 is 1.33 bits per heavy atom. The van der Waals surface area contributed by atoms with Gasteiger partial charge in [0.05, 0.1) is 5.69 Å². The van der Waals surface area contributed by atoms with E-state index >= 15 is 0 Å². The Labute approximate surface area is 131 Å². The lowest BCUT2D eigenvalue weighted by atomic mass is 10.1. The largest absolute Gasteiger partial charge is 0.351 e. The number of hydrogen-bond donors (Lipinski definition) is 0. The number of alkyl halides is 1. The third-order valence-corrected chi connectivity index (χ3v) is 4.66. The summed E-state index contributed by atoms with van der Waals surface area (Å²) >= 11 is 6.21. The van der Waals surface area contributed by atoms with Crippen LogP contribution in [0.3, 0.4) is 0 Å². The maximum absolute atomic E-state index is 6.21. The molecule has 1 unspecified atom stereocenters. The third-order valence-electron chi connectivity index (χ3n) is 4.31. The highest BCUT2D eigenvalue weighted by Gasteiger charge is 2.24. The number of rotatable bonds is 3. The minimum atomic E-state index is 0.380. The Morgan fingerprint density at radius 3 is 2.95 bits per heavy atom. The van der Waals surface area contributed by atoms with Crippen LogP contribution in [0.4, 0.5) is 5.82 Å². The summed E-state index contributed by atoms with van der Waals surface area (Å²) in [5.41, 5.74) is 2.21. The first-order valence-electron chi connectivity index (χ1n) is 7.87. The lowest BCUT2D eigenvalue weighted by Gasteiger charge is -2.29. The summed E-state index contributed by atoms with van der Waals surface area (Å²) in [6.45, 7) is 5.37. The van der Waals surface area contributed by atoms with Gasteiger partial charge in [-0.05, 0) is 24.8 Å². The number of nitrogens with zero attached hydrogens (tertiary/aromatic N) is 4. The fraction of sp³-hybridized carbons (Fsp3) is 0.625. The first-order valence-corrected chi connectivity index (χ1v) is 8.41. The second-order valence-corrected chi connectivity index (χ2v) is 6.46. The second kappa shape index (κ2) is 6.22. The van der Waals surface area contributed by atoms with E-state index in [1.807, 2.05) is 16.9 Å². The molecule has 0 bridgehead atoms. The van der Waals surface area contributed by atoms with Gasteiger partial charge in [0.15, 0.2) is 5.82 Å². The van der Waals surface area contributed by atoms with Gasteiger partial charge in [0, 0.05) is 30.9 Å². The maximum atomic E-state index is 6.21. The predicted octanol–water partition coefficient (Wildman–Crippen LogP) is 3.84. The molecule has 1 aliphatic rings. The average Bonchev–Trinajstić information content (AvgIpc) is 2.79. The van der Waals surface area contributed by atoms with Crippen LogP contribution in [0.25, 0.3) is 5.52 Å². The average molecular weight is 307 g/mol. The molecule has 2 aromatic rings. The number of fused-ring (bicyclic) bond motifs is 1. The van der Waals surface area contributed by atoms with Crippen molar-refractivity contribution in [2.45, 2.75) is 51.5 Å². The van der Waals surface area contributed by atoms with Gasteiger partial charge in [-0.3, -0.25) is 0 Å². The molecule has 1 atom stereocenters. The van der Waals surface area contributed by atoms with Crippen molar-refractivity contribution in [3.63, 3.8) is 0 Å². The van der Waals surface area contributed by atoms with E-state index in [0.29, 0.717) is 17.8 Å². The van der Waals surface area contributed by atoms with E-state index in [-0.39, 0.29) is 0 Å². The van der Waals surface area contributed by atoms with Gasteiger partial charge in [0.25, 0.3) is 0 Å². The van der Waals surface area contributed by atoms with Crippen molar-refractivity contribution in [3.8, 4) is 0 Å². The fourth-order valence-corrected chi connectivity index (χ4v) is 3.37. The van der Waals surface area contributed by atoms with E-state index in [1.165, 1.54) is 19.3 Å². The molecule has 0 aromatic carbocycles. The molecule has 4 nitrogen and oxygen atoms in total. The Hall–Kier alpha value is -1.29. The van der Waals surface area contributed by atoms with Crippen molar-refractivity contribution < 1.29 is 0 Å². The van der Waals surface area contributed by atoms with Gasteiger partial charge in [0.1, 0.15) is 5.52 Å². The molecule has 5 heteroatoms. The number of halogens is 1. The Morgan fingerprint density at radius 2 is 2.19 bits per heavy atom. The molecule has 0 saturated carbocycles. The van der Waals surface area contributed by atoms with Gasteiger partial charge in [-0.25, -0.2) is 9.50 Å². The van der Waals surface area contributed by atoms with Crippen molar-refractivity contribution in [3.05, 3.63) is 24.2 Å². The number of aromatic nitrogens is 3. The molecule has 0 radical (unpaired) electrons. The first-order chi connectivity index (χ1) is 10.2. The van der Waals surface area contributed by atoms with Crippen LogP contribution in [0.15, 0.2) is 18.5 Å². The minimum absolute atomic E-state index is 0.380. The topological polar surface area (TPSA) is 33.4 Å². The van der Waals surface area contributed by atoms with Crippen LogP contribution in [0.5, 0.6) is 0 Å². The highest BCUT2D eigenvalue weighted by molar-refractivity contribution is 6.18. The quantitative estimate of drug-likeness (QED) is 0.808. The van der Waals surface area contributed by atoms with Crippen molar-refractivity contribution >= 4 is 22.9 Å². The molecule has 1 fully saturated rings. The molecule has 3 heterocycles. The Balaban J connectivity index is 2.05. The number of anilines is 1. The van der Waals surface area contributed by atoms with Crippen molar-refractivity contribution in [2.24, 2.45) is 0 Å². The normalized spacial score (nSPS) is 20.2. The highest BCUT2D eigenvalue weighted by Crippen LogP contribution is 2.28. The van der Waals surface area contributed by atoms with E-state index < -0.39 is 0 Å². The van der Waals surface area contributed by atoms with Crippen molar-refractivity contribution in [1.29, 1.82) is 0 Å². The maximum Gasteiger partial charge on any atom is 0.154 e. The third kappa shape index (κ3) is 2.86. The van der Waals surface area contributed by atoms with Gasteiger partial charge >= 0.3 is 0 Å². The smallest absolute Gasteiger partial charge is 0.154 e. The van der Waals surface area contributed by atoms with Crippen LogP contribution in [0.2, 0.25) is 0 Å². The molecule has 3 rings (SSSR count). The molecule has 0 amide bonds. The molecule has 21 heavy (non-hydrogen) atoms. The monoisotopic (exact) mass is 306 g/mol. The molecular formula is C16H23ClN4. The highest BCUT2D eigenvalue weighted by atomic mass is 35.5. The second-order valence-electron chi connectivity index (χ2n) is 6.16. The molecule has 1 aliphatic heterocycles. The summed E-state index contributed by atoms with van der Waals surface area (Å²) in [4.78, 5) is 7.04. The predicted molar refractivity (Wildman–Crippen MR) is 87.4 cm³/mol. The van der Waals surface area contributed by atoms with Crippen LogP contribution in [0, 0.1) is 0 Å². The zero-order chi connectivity index (χ0) is 14.8. The molecule has 0 N–H and O–H groups in total. The zero-order valence-corrected chi connectivity index (χ0v) is 13.6. The lowest BCUT2D eigenvalue weighted by molar-refractivity contribution is 0.616. The van der Waals surface area contributed by atoms with Gasteiger partial charge < -0.3 is 4.90 Å². The van der Waals surface area contributed by atoms with Crippen LogP contribution >= 0.6 is 11.6 Å². The molecule has 114 valence electrons. The Kier molecular flexibility index (Phi) is 4.34. The minimum Gasteiger partial charge on any atom is -0.351 e. The molecule has 1 saturated heterocycles. The van der Waals surface area contributed by atoms with E-state index in [0.717, 1.165) is 30.0 Å². The van der Waals surface area contributed by atoms with E-state index in [4.69, 9.17) is 11.6 Å². The summed E-state index contributed by atoms with van der Waals surface area (Å²) in [5, 5.41) is 4.66. The Bertz CT molecular complexity index is 607. The van der Waals surface area contributed by atoms with E-state index in [1.54, 1.807) is 0 Å². The van der Waals surface area contributed by atoms with Gasteiger partial charge in [0.2, 0.25) is 0 Å². The van der Waals surface area contributed by atoms with E-state index in [9.17, 15) is 0 Å².